The van der Waals surface area contributed by atoms with Gasteiger partial charge in [0.25, 0.3) is 0 Å². The van der Waals surface area contributed by atoms with E-state index in [9.17, 15) is 9.90 Å². The number of carboxylic acids is 1. The molecule has 1 aromatic heterocycles. The highest BCUT2D eigenvalue weighted by atomic mass is 16.4. The zero-order chi connectivity index (χ0) is 14.0. The van der Waals surface area contributed by atoms with Crippen molar-refractivity contribution in [2.75, 3.05) is 7.05 Å². The van der Waals surface area contributed by atoms with Crippen LogP contribution in [0.2, 0.25) is 0 Å². The van der Waals surface area contributed by atoms with Gasteiger partial charge in [0.05, 0.1) is 22.8 Å². The summed E-state index contributed by atoms with van der Waals surface area (Å²) in [6.07, 6.45) is 2.18. The van der Waals surface area contributed by atoms with E-state index in [-0.39, 0.29) is 6.04 Å². The molecule has 2 rings (SSSR count). The van der Waals surface area contributed by atoms with Crippen LogP contribution in [0.4, 0.5) is 0 Å². The maximum atomic E-state index is 11.2. The van der Waals surface area contributed by atoms with Crippen molar-refractivity contribution in [3.05, 3.63) is 30.1 Å². The predicted octanol–water partition coefficient (Wildman–Crippen LogP) is 2.32. The molecule has 0 aliphatic carbocycles. The summed E-state index contributed by atoms with van der Waals surface area (Å²) in [5, 5.41) is 12.4. The second-order valence-corrected chi connectivity index (χ2v) is 5.41. The van der Waals surface area contributed by atoms with Gasteiger partial charge < -0.3 is 15.4 Å². The zero-order valence-electron chi connectivity index (χ0n) is 11.4. The summed E-state index contributed by atoms with van der Waals surface area (Å²) < 4.78 is 0. The third-order valence-electron chi connectivity index (χ3n) is 3.49. The molecule has 5 heteroatoms. The molecule has 3 N–H and O–H groups in total. The Morgan fingerprint density at radius 3 is 2.89 bits per heavy atom. The van der Waals surface area contributed by atoms with E-state index in [1.165, 1.54) is 0 Å². The Kier molecular flexibility index (Phi) is 3.57. The minimum Gasteiger partial charge on any atom is -0.481 e. The smallest absolute Gasteiger partial charge is 0.309 e. The molecule has 0 fully saturated rings. The quantitative estimate of drug-likeness (QED) is 0.772. The molecule has 0 radical (unpaired) electrons. The molecule has 5 nitrogen and oxygen atoms in total. The number of aliphatic carboxylic acids is 1. The van der Waals surface area contributed by atoms with Gasteiger partial charge in [0.15, 0.2) is 0 Å². The number of nitrogens with one attached hydrogen (secondary N) is 2. The second kappa shape index (κ2) is 5.01. The highest BCUT2D eigenvalue weighted by Gasteiger charge is 2.30. The van der Waals surface area contributed by atoms with E-state index < -0.39 is 11.4 Å². The van der Waals surface area contributed by atoms with E-state index in [4.69, 9.17) is 0 Å². The maximum Gasteiger partial charge on any atom is 0.309 e. The second-order valence-electron chi connectivity index (χ2n) is 5.41. The number of rotatable bonds is 5. The molecular formula is C14H19N3O2. The molecule has 0 aliphatic rings. The molecule has 0 saturated heterocycles. The van der Waals surface area contributed by atoms with E-state index in [0.717, 1.165) is 16.6 Å². The van der Waals surface area contributed by atoms with Crippen molar-refractivity contribution >= 4 is 17.0 Å². The number of carbonyl (C=O) groups is 1. The Labute approximate surface area is 112 Å². The molecular weight excluding hydrogens is 242 g/mol. The van der Waals surface area contributed by atoms with E-state index in [2.05, 4.69) is 15.3 Å². The SMILES string of the molecule is CNC(CC(C)(C)C(=O)O)c1ccc2nc[nH]c2c1. The van der Waals surface area contributed by atoms with Gasteiger partial charge in [-0.25, -0.2) is 4.98 Å². The van der Waals surface area contributed by atoms with Gasteiger partial charge in [-0.3, -0.25) is 4.79 Å². The number of hydrogen-bond donors (Lipinski definition) is 3. The summed E-state index contributed by atoms with van der Waals surface area (Å²) >= 11 is 0. The molecule has 1 unspecified atom stereocenters. The van der Waals surface area contributed by atoms with Crippen LogP contribution in [0.25, 0.3) is 11.0 Å². The van der Waals surface area contributed by atoms with Crippen LogP contribution in [-0.2, 0) is 4.79 Å². The first kappa shape index (κ1) is 13.5. The number of fused-ring (bicyclic) bond motifs is 1. The van der Waals surface area contributed by atoms with Crippen LogP contribution in [0.3, 0.4) is 0 Å². The van der Waals surface area contributed by atoms with Crippen molar-refractivity contribution in [1.82, 2.24) is 15.3 Å². The van der Waals surface area contributed by atoms with Gasteiger partial charge in [-0.2, -0.15) is 0 Å². The lowest BCUT2D eigenvalue weighted by atomic mass is 9.83. The number of carboxylic acid groups (broad SMARTS) is 1. The summed E-state index contributed by atoms with van der Waals surface area (Å²) in [5.41, 5.74) is 2.17. The lowest BCUT2D eigenvalue weighted by Gasteiger charge is -2.26. The van der Waals surface area contributed by atoms with Crippen molar-refractivity contribution in [2.24, 2.45) is 5.41 Å². The molecule has 1 heterocycles. The van der Waals surface area contributed by atoms with Crippen molar-refractivity contribution in [3.8, 4) is 0 Å². The fourth-order valence-corrected chi connectivity index (χ4v) is 2.15. The summed E-state index contributed by atoms with van der Waals surface area (Å²) in [5.74, 6) is -0.782. The number of aromatic nitrogens is 2. The molecule has 102 valence electrons. The third kappa shape index (κ3) is 2.76. The number of imidazole rings is 1. The van der Waals surface area contributed by atoms with Crippen LogP contribution in [0.5, 0.6) is 0 Å². The van der Waals surface area contributed by atoms with Crippen LogP contribution in [0, 0.1) is 5.41 Å². The van der Waals surface area contributed by atoms with E-state index in [1.807, 2.05) is 25.2 Å². The monoisotopic (exact) mass is 261 g/mol. The highest BCUT2D eigenvalue weighted by molar-refractivity contribution is 5.75. The number of nitrogens with zero attached hydrogens (tertiary/aromatic N) is 1. The van der Waals surface area contributed by atoms with Crippen LogP contribution in [0.15, 0.2) is 24.5 Å². The Balaban J connectivity index is 2.28. The largest absolute Gasteiger partial charge is 0.481 e. The first-order chi connectivity index (χ1) is 8.94. The molecule has 0 aliphatic heterocycles. The molecule has 1 atom stereocenters. The Morgan fingerprint density at radius 2 is 2.26 bits per heavy atom. The van der Waals surface area contributed by atoms with Crippen molar-refractivity contribution < 1.29 is 9.90 Å². The molecule has 0 amide bonds. The summed E-state index contributed by atoms with van der Waals surface area (Å²) in [6.45, 7) is 3.49. The first-order valence-electron chi connectivity index (χ1n) is 6.28. The number of hydrogen-bond acceptors (Lipinski definition) is 3. The zero-order valence-corrected chi connectivity index (χ0v) is 11.4. The minimum absolute atomic E-state index is 0.00111. The van der Waals surface area contributed by atoms with Gasteiger partial charge in [-0.05, 0) is 45.0 Å². The maximum absolute atomic E-state index is 11.2. The van der Waals surface area contributed by atoms with Gasteiger partial charge in [-0.1, -0.05) is 6.07 Å². The van der Waals surface area contributed by atoms with E-state index >= 15 is 0 Å². The van der Waals surface area contributed by atoms with Crippen LogP contribution < -0.4 is 5.32 Å². The molecule has 0 spiro atoms. The van der Waals surface area contributed by atoms with Crippen LogP contribution in [-0.4, -0.2) is 28.1 Å². The van der Waals surface area contributed by atoms with Crippen LogP contribution >= 0.6 is 0 Å². The van der Waals surface area contributed by atoms with Gasteiger partial charge in [0.2, 0.25) is 0 Å². The average molecular weight is 261 g/mol. The number of aromatic amines is 1. The van der Waals surface area contributed by atoms with Crippen molar-refractivity contribution in [2.45, 2.75) is 26.3 Å². The Hall–Kier alpha value is -1.88. The molecule has 0 saturated carbocycles. The van der Waals surface area contributed by atoms with Crippen LogP contribution in [0.1, 0.15) is 31.9 Å². The molecule has 0 bridgehead atoms. The average Bonchev–Trinajstić information content (AvgIpc) is 2.82. The topological polar surface area (TPSA) is 78.0 Å². The first-order valence-corrected chi connectivity index (χ1v) is 6.28. The fraction of sp³-hybridized carbons (Fsp3) is 0.429. The van der Waals surface area contributed by atoms with Gasteiger partial charge in [-0.15, -0.1) is 0 Å². The van der Waals surface area contributed by atoms with Gasteiger partial charge >= 0.3 is 5.97 Å². The number of H-pyrrole nitrogens is 1. The predicted molar refractivity (Wildman–Crippen MR) is 73.9 cm³/mol. The standard InChI is InChI=1S/C14H19N3O2/c1-14(2,13(18)19)7-12(15-3)9-4-5-10-11(6-9)17-8-16-10/h4-6,8,12,15H,7H2,1-3H3,(H,16,17)(H,18,19). The Bertz CT molecular complexity index is 589. The summed E-state index contributed by atoms with van der Waals surface area (Å²) in [4.78, 5) is 18.5. The van der Waals surface area contributed by atoms with E-state index in [0.29, 0.717) is 6.42 Å². The fourth-order valence-electron chi connectivity index (χ4n) is 2.15. The normalized spacial score (nSPS) is 13.6. The molecule has 2 aromatic rings. The third-order valence-corrected chi connectivity index (χ3v) is 3.49. The van der Waals surface area contributed by atoms with E-state index in [1.54, 1.807) is 20.2 Å². The highest BCUT2D eigenvalue weighted by Crippen LogP contribution is 2.31. The lowest BCUT2D eigenvalue weighted by Crippen LogP contribution is -2.30. The summed E-state index contributed by atoms with van der Waals surface area (Å²) in [6, 6.07) is 5.95. The molecule has 19 heavy (non-hydrogen) atoms. The van der Waals surface area contributed by atoms with Gasteiger partial charge in [0, 0.05) is 6.04 Å². The van der Waals surface area contributed by atoms with Gasteiger partial charge in [0.1, 0.15) is 0 Å². The lowest BCUT2D eigenvalue weighted by molar-refractivity contribution is -0.147. The number of benzene rings is 1. The minimum atomic E-state index is -0.782. The summed E-state index contributed by atoms with van der Waals surface area (Å²) in [7, 11) is 1.85. The van der Waals surface area contributed by atoms with Crippen molar-refractivity contribution in [3.63, 3.8) is 0 Å². The van der Waals surface area contributed by atoms with Crippen molar-refractivity contribution in [1.29, 1.82) is 0 Å². The molecule has 1 aromatic carbocycles. The Morgan fingerprint density at radius 1 is 1.53 bits per heavy atom.